The molecule has 4 heteroatoms. The van der Waals surface area contributed by atoms with E-state index in [4.69, 9.17) is 4.42 Å². The Hall–Kier alpha value is -3.14. The molecular weight excluding hydrogens is 288 g/mol. The van der Waals surface area contributed by atoms with Gasteiger partial charge in [0.25, 0.3) is 5.56 Å². The lowest BCUT2D eigenvalue weighted by Crippen LogP contribution is -2.12. The first kappa shape index (κ1) is 13.5. The molecule has 0 radical (unpaired) electrons. The van der Waals surface area contributed by atoms with Crippen LogP contribution < -0.4 is 5.56 Å². The van der Waals surface area contributed by atoms with Gasteiger partial charge in [0, 0.05) is 23.3 Å². The van der Waals surface area contributed by atoms with E-state index >= 15 is 0 Å². The summed E-state index contributed by atoms with van der Waals surface area (Å²) < 4.78 is 7.21. The monoisotopic (exact) mass is 302 g/mol. The Labute approximate surface area is 132 Å². The average Bonchev–Trinajstić information content (AvgIpc) is 3.01. The van der Waals surface area contributed by atoms with Crippen LogP contribution in [0.15, 0.2) is 75.9 Å². The number of fused-ring (bicyclic) bond motifs is 1. The van der Waals surface area contributed by atoms with Gasteiger partial charge in [0.1, 0.15) is 5.76 Å². The molecule has 0 saturated carbocycles. The lowest BCUT2D eigenvalue weighted by molar-refractivity contribution is 0.577. The number of rotatable bonds is 2. The SMILES string of the molecule is Cc1ccccc1-c1cc(=O)n2nc(-c3ccccc3)cc2o1. The molecule has 0 N–H and O–H groups in total. The van der Waals surface area contributed by atoms with Crippen LogP contribution in [0.3, 0.4) is 0 Å². The number of aryl methyl sites for hydroxylation is 1. The van der Waals surface area contributed by atoms with Gasteiger partial charge >= 0.3 is 0 Å². The molecule has 0 saturated heterocycles. The zero-order chi connectivity index (χ0) is 15.8. The molecule has 2 aromatic carbocycles. The second-order valence-corrected chi connectivity index (χ2v) is 5.41. The smallest absolute Gasteiger partial charge is 0.277 e. The average molecular weight is 302 g/mol. The maximum atomic E-state index is 12.4. The molecule has 0 aliphatic carbocycles. The van der Waals surface area contributed by atoms with Crippen LogP contribution in [0, 0.1) is 6.92 Å². The molecular formula is C19H14N2O2. The number of hydrogen-bond acceptors (Lipinski definition) is 3. The van der Waals surface area contributed by atoms with E-state index in [0.717, 1.165) is 16.7 Å². The predicted octanol–water partition coefficient (Wildman–Crippen LogP) is 3.93. The number of benzene rings is 2. The summed E-state index contributed by atoms with van der Waals surface area (Å²) in [6.07, 6.45) is 0. The van der Waals surface area contributed by atoms with Gasteiger partial charge in [-0.1, -0.05) is 54.6 Å². The van der Waals surface area contributed by atoms with Crippen molar-refractivity contribution < 1.29 is 4.42 Å². The maximum Gasteiger partial charge on any atom is 0.277 e. The topological polar surface area (TPSA) is 47.5 Å². The third kappa shape index (κ3) is 2.34. The Morgan fingerprint density at radius 1 is 0.957 bits per heavy atom. The van der Waals surface area contributed by atoms with Gasteiger partial charge in [-0.25, -0.2) is 0 Å². The second kappa shape index (κ2) is 5.25. The summed E-state index contributed by atoms with van der Waals surface area (Å²) in [5, 5.41) is 4.35. The van der Waals surface area contributed by atoms with Crippen LogP contribution in [0.2, 0.25) is 0 Å². The Kier molecular flexibility index (Phi) is 3.08. The van der Waals surface area contributed by atoms with Gasteiger partial charge in [0.2, 0.25) is 5.71 Å². The maximum absolute atomic E-state index is 12.4. The molecule has 0 fully saturated rings. The molecule has 4 aromatic rings. The van der Waals surface area contributed by atoms with Crippen LogP contribution in [0.25, 0.3) is 28.3 Å². The van der Waals surface area contributed by atoms with Crippen molar-refractivity contribution in [1.82, 2.24) is 9.61 Å². The van der Waals surface area contributed by atoms with E-state index in [0.29, 0.717) is 17.2 Å². The van der Waals surface area contributed by atoms with Gasteiger partial charge in [0.05, 0.1) is 5.69 Å². The minimum absolute atomic E-state index is 0.202. The third-order valence-electron chi connectivity index (χ3n) is 3.83. The lowest BCUT2D eigenvalue weighted by atomic mass is 10.1. The molecule has 0 unspecified atom stereocenters. The molecule has 0 spiro atoms. The predicted molar refractivity (Wildman–Crippen MR) is 89.3 cm³/mol. The Balaban J connectivity index is 1.92. The molecule has 0 atom stereocenters. The first-order valence-electron chi connectivity index (χ1n) is 7.38. The van der Waals surface area contributed by atoms with E-state index in [-0.39, 0.29) is 5.56 Å². The third-order valence-corrected chi connectivity index (χ3v) is 3.83. The van der Waals surface area contributed by atoms with Gasteiger partial charge in [0.15, 0.2) is 0 Å². The van der Waals surface area contributed by atoms with Crippen LogP contribution in [-0.2, 0) is 0 Å². The highest BCUT2D eigenvalue weighted by Gasteiger charge is 2.12. The summed E-state index contributed by atoms with van der Waals surface area (Å²) in [6.45, 7) is 1.99. The van der Waals surface area contributed by atoms with Gasteiger partial charge < -0.3 is 4.42 Å². The largest absolute Gasteiger partial charge is 0.438 e. The molecule has 0 bridgehead atoms. The molecule has 2 aromatic heterocycles. The quantitative estimate of drug-likeness (QED) is 0.563. The zero-order valence-corrected chi connectivity index (χ0v) is 12.6. The fourth-order valence-corrected chi connectivity index (χ4v) is 2.64. The summed E-state index contributed by atoms with van der Waals surface area (Å²) in [5.41, 5.74) is 3.87. The van der Waals surface area contributed by atoms with Crippen LogP contribution in [0.1, 0.15) is 5.56 Å². The zero-order valence-electron chi connectivity index (χ0n) is 12.6. The van der Waals surface area contributed by atoms with Crippen molar-refractivity contribution in [2.75, 3.05) is 0 Å². The molecule has 0 amide bonds. The summed E-state index contributed by atoms with van der Waals surface area (Å²) >= 11 is 0. The normalized spacial score (nSPS) is 11.0. The lowest BCUT2D eigenvalue weighted by Gasteiger charge is -2.04. The van der Waals surface area contributed by atoms with E-state index in [1.807, 2.05) is 61.5 Å². The van der Waals surface area contributed by atoms with Crippen LogP contribution >= 0.6 is 0 Å². The fourth-order valence-electron chi connectivity index (χ4n) is 2.64. The van der Waals surface area contributed by atoms with Crippen LogP contribution in [0.5, 0.6) is 0 Å². The molecule has 4 rings (SSSR count). The van der Waals surface area contributed by atoms with Crippen molar-refractivity contribution in [3.63, 3.8) is 0 Å². The standard InChI is InChI=1S/C19H14N2O2/c1-13-7-5-6-10-15(13)17-12-18(22)21-19(23-17)11-16(20-21)14-8-3-2-4-9-14/h2-12H,1H3. The van der Waals surface area contributed by atoms with Crippen LogP contribution in [-0.4, -0.2) is 9.61 Å². The first-order chi connectivity index (χ1) is 11.2. The minimum Gasteiger partial charge on any atom is -0.438 e. The van der Waals surface area contributed by atoms with Crippen molar-refractivity contribution in [2.45, 2.75) is 6.92 Å². The molecule has 23 heavy (non-hydrogen) atoms. The van der Waals surface area contributed by atoms with Crippen molar-refractivity contribution in [3.05, 3.63) is 82.6 Å². The summed E-state index contributed by atoms with van der Waals surface area (Å²) in [5.74, 6) is 0.556. The molecule has 4 nitrogen and oxygen atoms in total. The number of aromatic nitrogens is 2. The van der Waals surface area contributed by atoms with Crippen molar-refractivity contribution in [1.29, 1.82) is 0 Å². The minimum atomic E-state index is -0.202. The molecule has 0 aliphatic rings. The summed E-state index contributed by atoms with van der Waals surface area (Å²) in [6, 6.07) is 20.8. The first-order valence-corrected chi connectivity index (χ1v) is 7.38. The second-order valence-electron chi connectivity index (χ2n) is 5.41. The van der Waals surface area contributed by atoms with Crippen molar-refractivity contribution in [3.8, 4) is 22.6 Å². The Bertz CT molecular complexity index is 1050. The highest BCUT2D eigenvalue weighted by atomic mass is 16.3. The van der Waals surface area contributed by atoms with Gasteiger partial charge in [-0.15, -0.1) is 0 Å². The van der Waals surface area contributed by atoms with E-state index < -0.39 is 0 Å². The van der Waals surface area contributed by atoms with Crippen molar-refractivity contribution >= 4 is 5.71 Å². The van der Waals surface area contributed by atoms with Gasteiger partial charge in [-0.2, -0.15) is 9.61 Å². The van der Waals surface area contributed by atoms with E-state index in [1.54, 1.807) is 6.07 Å². The fraction of sp³-hybridized carbons (Fsp3) is 0.0526. The molecule has 112 valence electrons. The molecule has 2 heterocycles. The number of hydrogen-bond donors (Lipinski definition) is 0. The van der Waals surface area contributed by atoms with E-state index in [1.165, 1.54) is 10.6 Å². The Morgan fingerprint density at radius 2 is 1.70 bits per heavy atom. The highest BCUT2D eigenvalue weighted by Crippen LogP contribution is 2.25. The Morgan fingerprint density at radius 3 is 2.48 bits per heavy atom. The highest BCUT2D eigenvalue weighted by molar-refractivity contribution is 5.66. The van der Waals surface area contributed by atoms with Crippen LogP contribution in [0.4, 0.5) is 0 Å². The number of nitrogens with zero attached hydrogens (tertiary/aromatic N) is 2. The van der Waals surface area contributed by atoms with Gasteiger partial charge in [-0.3, -0.25) is 4.79 Å². The van der Waals surface area contributed by atoms with E-state index in [2.05, 4.69) is 5.10 Å². The van der Waals surface area contributed by atoms with Gasteiger partial charge in [-0.05, 0) is 12.5 Å². The summed E-state index contributed by atoms with van der Waals surface area (Å²) in [4.78, 5) is 12.4. The van der Waals surface area contributed by atoms with E-state index in [9.17, 15) is 4.79 Å². The van der Waals surface area contributed by atoms with Crippen molar-refractivity contribution in [2.24, 2.45) is 0 Å². The molecule has 0 aliphatic heterocycles. The summed E-state index contributed by atoms with van der Waals surface area (Å²) in [7, 11) is 0.